The molecule has 8 nitrogen and oxygen atoms in total. The molecule has 2 aromatic carbocycles. The molecule has 0 saturated heterocycles. The van der Waals surface area contributed by atoms with Crippen LogP contribution in [0.3, 0.4) is 0 Å². The number of hydrogen-bond donors (Lipinski definition) is 2. The van der Waals surface area contributed by atoms with Gasteiger partial charge in [-0.2, -0.15) is 5.10 Å². The van der Waals surface area contributed by atoms with Crippen LogP contribution in [-0.2, 0) is 0 Å². The van der Waals surface area contributed by atoms with E-state index in [2.05, 4.69) is 30.6 Å². The number of nitrogens with one attached hydrogen (secondary N) is 2. The quantitative estimate of drug-likeness (QED) is 0.427. The highest BCUT2D eigenvalue weighted by atomic mass is 16.5. The largest absolute Gasteiger partial charge is 0.335 e. The normalized spacial score (nSPS) is 11.1. The Morgan fingerprint density at radius 1 is 0.969 bits per heavy atom. The number of carbonyl (C=O) groups is 1. The molecule has 0 bridgehead atoms. The molecule has 0 aliphatic rings. The molecule has 5 aromatic rings. The third-order valence-electron chi connectivity index (χ3n) is 5.18. The SMILES string of the molecule is Cc1ccc(-c2cc(C(=O)Nc3cccc(-c4n[nH]c(C)n4)c3)c3c(C)noc3n2)cc1. The zero-order valence-corrected chi connectivity index (χ0v) is 17.8. The second-order valence-corrected chi connectivity index (χ2v) is 7.65. The lowest BCUT2D eigenvalue weighted by molar-refractivity contribution is 0.102. The molecule has 32 heavy (non-hydrogen) atoms. The molecule has 0 atom stereocenters. The Kier molecular flexibility index (Phi) is 4.74. The summed E-state index contributed by atoms with van der Waals surface area (Å²) in [5.41, 5.74) is 5.49. The Morgan fingerprint density at radius 2 is 1.78 bits per heavy atom. The van der Waals surface area contributed by atoms with Crippen molar-refractivity contribution in [2.45, 2.75) is 20.8 Å². The molecular weight excluding hydrogens is 404 g/mol. The number of aryl methyl sites for hydroxylation is 3. The summed E-state index contributed by atoms with van der Waals surface area (Å²) in [5.74, 6) is 1.02. The van der Waals surface area contributed by atoms with E-state index in [-0.39, 0.29) is 5.91 Å². The molecule has 158 valence electrons. The van der Waals surface area contributed by atoms with Crippen molar-refractivity contribution >= 4 is 22.7 Å². The third-order valence-corrected chi connectivity index (χ3v) is 5.18. The molecule has 0 saturated carbocycles. The van der Waals surface area contributed by atoms with Crippen molar-refractivity contribution in [3.05, 3.63) is 77.2 Å². The average Bonchev–Trinajstić information content (AvgIpc) is 3.39. The van der Waals surface area contributed by atoms with Crippen LogP contribution in [0.2, 0.25) is 0 Å². The molecule has 5 rings (SSSR count). The predicted molar refractivity (Wildman–Crippen MR) is 121 cm³/mol. The minimum atomic E-state index is -0.277. The topological polar surface area (TPSA) is 110 Å². The lowest BCUT2D eigenvalue weighted by Crippen LogP contribution is -2.13. The summed E-state index contributed by atoms with van der Waals surface area (Å²) in [7, 11) is 0. The Balaban J connectivity index is 1.53. The van der Waals surface area contributed by atoms with E-state index in [1.165, 1.54) is 0 Å². The van der Waals surface area contributed by atoms with E-state index in [1.54, 1.807) is 13.0 Å². The van der Waals surface area contributed by atoms with E-state index in [1.807, 2.05) is 62.4 Å². The molecular formula is C24H20N6O2. The molecule has 3 heterocycles. The summed E-state index contributed by atoms with van der Waals surface area (Å²) in [6.45, 7) is 5.65. The zero-order chi connectivity index (χ0) is 22.2. The van der Waals surface area contributed by atoms with Gasteiger partial charge in [0.15, 0.2) is 5.82 Å². The Bertz CT molecular complexity index is 1450. The lowest BCUT2D eigenvalue weighted by atomic mass is 10.0. The average molecular weight is 424 g/mol. The number of benzene rings is 2. The molecule has 3 aromatic heterocycles. The third kappa shape index (κ3) is 3.62. The van der Waals surface area contributed by atoms with Crippen LogP contribution in [0.25, 0.3) is 33.7 Å². The van der Waals surface area contributed by atoms with Gasteiger partial charge in [0.1, 0.15) is 5.82 Å². The number of nitrogens with zero attached hydrogens (tertiary/aromatic N) is 4. The number of fused-ring (bicyclic) bond motifs is 1. The smallest absolute Gasteiger partial charge is 0.259 e. The van der Waals surface area contributed by atoms with E-state index >= 15 is 0 Å². The van der Waals surface area contributed by atoms with E-state index < -0.39 is 0 Å². The maximum Gasteiger partial charge on any atom is 0.259 e. The molecule has 8 heteroatoms. The number of H-pyrrole nitrogens is 1. The summed E-state index contributed by atoms with van der Waals surface area (Å²) in [4.78, 5) is 22.2. The van der Waals surface area contributed by atoms with Gasteiger partial charge < -0.3 is 9.84 Å². The second-order valence-electron chi connectivity index (χ2n) is 7.65. The molecule has 1 amide bonds. The van der Waals surface area contributed by atoms with Crippen molar-refractivity contribution in [3.8, 4) is 22.6 Å². The van der Waals surface area contributed by atoms with Gasteiger partial charge in [-0.15, -0.1) is 0 Å². The van der Waals surface area contributed by atoms with Gasteiger partial charge in [-0.25, -0.2) is 9.97 Å². The predicted octanol–water partition coefficient (Wildman–Crippen LogP) is 4.85. The Morgan fingerprint density at radius 3 is 2.53 bits per heavy atom. The highest BCUT2D eigenvalue weighted by Gasteiger charge is 2.20. The van der Waals surface area contributed by atoms with Crippen LogP contribution in [0, 0.1) is 20.8 Å². The van der Waals surface area contributed by atoms with Gasteiger partial charge in [-0.1, -0.05) is 47.1 Å². The van der Waals surface area contributed by atoms with Crippen LogP contribution >= 0.6 is 0 Å². The first kappa shape index (κ1) is 19.6. The number of aromatic amines is 1. The fourth-order valence-electron chi connectivity index (χ4n) is 3.55. The van der Waals surface area contributed by atoms with Crippen molar-refractivity contribution in [1.29, 1.82) is 0 Å². The van der Waals surface area contributed by atoms with Gasteiger partial charge in [0.25, 0.3) is 11.6 Å². The Hall–Kier alpha value is -4.33. The molecule has 0 aliphatic carbocycles. The van der Waals surface area contributed by atoms with Crippen molar-refractivity contribution in [2.24, 2.45) is 0 Å². The number of pyridine rings is 1. The number of rotatable bonds is 4. The first-order valence-corrected chi connectivity index (χ1v) is 10.1. The number of anilines is 1. The monoisotopic (exact) mass is 424 g/mol. The zero-order valence-electron chi connectivity index (χ0n) is 17.8. The van der Waals surface area contributed by atoms with Gasteiger partial charge in [-0.05, 0) is 39.0 Å². The van der Waals surface area contributed by atoms with E-state index in [0.717, 1.165) is 22.5 Å². The van der Waals surface area contributed by atoms with E-state index in [4.69, 9.17) is 4.52 Å². The van der Waals surface area contributed by atoms with Crippen LogP contribution in [0.15, 0.2) is 59.1 Å². The van der Waals surface area contributed by atoms with Gasteiger partial charge in [0, 0.05) is 16.8 Å². The fourth-order valence-corrected chi connectivity index (χ4v) is 3.55. The standard InChI is InChI=1S/C24H20N6O2/c1-13-7-9-16(10-8-13)20-12-19(21-14(2)30-32-24(21)27-20)23(31)26-18-6-4-5-17(11-18)22-25-15(3)28-29-22/h4-12H,1-3H3,(H,26,31)(H,25,28,29). The van der Waals surface area contributed by atoms with Gasteiger partial charge in [-0.3, -0.25) is 9.89 Å². The van der Waals surface area contributed by atoms with Crippen molar-refractivity contribution in [3.63, 3.8) is 0 Å². The molecule has 0 unspecified atom stereocenters. The molecule has 0 spiro atoms. The van der Waals surface area contributed by atoms with Crippen LogP contribution in [-0.4, -0.2) is 31.2 Å². The number of hydrogen-bond acceptors (Lipinski definition) is 6. The number of aromatic nitrogens is 5. The van der Waals surface area contributed by atoms with Crippen LogP contribution in [0.1, 0.15) is 27.4 Å². The van der Waals surface area contributed by atoms with Gasteiger partial charge in [0.05, 0.1) is 22.3 Å². The van der Waals surface area contributed by atoms with Crippen molar-refractivity contribution < 1.29 is 9.32 Å². The van der Waals surface area contributed by atoms with E-state index in [0.29, 0.717) is 39.6 Å². The van der Waals surface area contributed by atoms with Crippen molar-refractivity contribution in [1.82, 2.24) is 25.3 Å². The second kappa shape index (κ2) is 7.73. The highest BCUT2D eigenvalue weighted by Crippen LogP contribution is 2.28. The summed E-state index contributed by atoms with van der Waals surface area (Å²) < 4.78 is 5.39. The number of amides is 1. The maximum absolute atomic E-state index is 13.3. The summed E-state index contributed by atoms with van der Waals surface area (Å²) in [6.07, 6.45) is 0. The summed E-state index contributed by atoms with van der Waals surface area (Å²) in [6, 6.07) is 17.1. The minimum Gasteiger partial charge on any atom is -0.335 e. The Labute approximate surface area is 183 Å². The molecule has 0 radical (unpaired) electrons. The van der Waals surface area contributed by atoms with Gasteiger partial charge >= 0.3 is 0 Å². The molecule has 2 N–H and O–H groups in total. The number of carbonyl (C=O) groups excluding carboxylic acids is 1. The summed E-state index contributed by atoms with van der Waals surface area (Å²) in [5, 5.41) is 14.6. The van der Waals surface area contributed by atoms with E-state index in [9.17, 15) is 4.79 Å². The lowest BCUT2D eigenvalue weighted by Gasteiger charge is -2.09. The highest BCUT2D eigenvalue weighted by molar-refractivity contribution is 6.13. The van der Waals surface area contributed by atoms with Crippen molar-refractivity contribution in [2.75, 3.05) is 5.32 Å². The van der Waals surface area contributed by atoms with Gasteiger partial charge in [0.2, 0.25) is 0 Å². The van der Waals surface area contributed by atoms with Crippen LogP contribution in [0.5, 0.6) is 0 Å². The maximum atomic E-state index is 13.3. The molecule has 0 aliphatic heterocycles. The first-order valence-electron chi connectivity index (χ1n) is 10.1. The molecule has 0 fully saturated rings. The van der Waals surface area contributed by atoms with Crippen LogP contribution < -0.4 is 5.32 Å². The fraction of sp³-hybridized carbons (Fsp3) is 0.125. The van der Waals surface area contributed by atoms with Crippen LogP contribution in [0.4, 0.5) is 5.69 Å². The minimum absolute atomic E-state index is 0.277. The first-order chi connectivity index (χ1) is 15.5. The summed E-state index contributed by atoms with van der Waals surface area (Å²) >= 11 is 0.